The zero-order valence-corrected chi connectivity index (χ0v) is 11.2. The van der Waals surface area contributed by atoms with Crippen LogP contribution in [0.5, 0.6) is 0 Å². The summed E-state index contributed by atoms with van der Waals surface area (Å²) >= 11 is 2.25. The maximum atomic E-state index is 11.9. The van der Waals surface area contributed by atoms with Gasteiger partial charge in [-0.05, 0) is 66.7 Å². The highest BCUT2D eigenvalue weighted by Crippen LogP contribution is 2.17. The first-order valence-corrected chi connectivity index (χ1v) is 6.61. The Morgan fingerprint density at radius 2 is 2.12 bits per heavy atom. The van der Waals surface area contributed by atoms with Crippen LogP contribution in [0.4, 0.5) is 5.69 Å². The summed E-state index contributed by atoms with van der Waals surface area (Å²) < 4.78 is 1.14. The van der Waals surface area contributed by atoms with E-state index in [1.807, 2.05) is 24.3 Å². The molecule has 0 saturated carbocycles. The SMILES string of the molecule is O=C(Nc1cccc(I)c1)C1CCNCC1. The molecule has 2 rings (SSSR count). The molecule has 16 heavy (non-hydrogen) atoms. The van der Waals surface area contributed by atoms with Gasteiger partial charge < -0.3 is 10.6 Å². The van der Waals surface area contributed by atoms with E-state index in [-0.39, 0.29) is 11.8 Å². The lowest BCUT2D eigenvalue weighted by Gasteiger charge is -2.21. The Morgan fingerprint density at radius 3 is 2.81 bits per heavy atom. The van der Waals surface area contributed by atoms with Crippen molar-refractivity contribution in [3.05, 3.63) is 27.8 Å². The van der Waals surface area contributed by atoms with E-state index in [9.17, 15) is 4.79 Å². The van der Waals surface area contributed by atoms with Crippen LogP contribution in [0.15, 0.2) is 24.3 Å². The molecule has 0 bridgehead atoms. The lowest BCUT2D eigenvalue weighted by molar-refractivity contribution is -0.120. The zero-order valence-electron chi connectivity index (χ0n) is 9.00. The molecule has 3 nitrogen and oxygen atoms in total. The summed E-state index contributed by atoms with van der Waals surface area (Å²) in [7, 11) is 0. The van der Waals surface area contributed by atoms with Crippen molar-refractivity contribution in [2.45, 2.75) is 12.8 Å². The first-order valence-electron chi connectivity index (χ1n) is 5.53. The van der Waals surface area contributed by atoms with Gasteiger partial charge in [-0.2, -0.15) is 0 Å². The van der Waals surface area contributed by atoms with Gasteiger partial charge in [0.15, 0.2) is 0 Å². The summed E-state index contributed by atoms with van der Waals surface area (Å²) in [6, 6.07) is 7.89. The number of carbonyl (C=O) groups excluding carboxylic acids is 1. The first kappa shape index (κ1) is 11.9. The van der Waals surface area contributed by atoms with Crippen molar-refractivity contribution in [3.8, 4) is 0 Å². The van der Waals surface area contributed by atoms with E-state index < -0.39 is 0 Å². The summed E-state index contributed by atoms with van der Waals surface area (Å²) in [5.41, 5.74) is 0.899. The van der Waals surface area contributed by atoms with E-state index in [1.54, 1.807) is 0 Å². The van der Waals surface area contributed by atoms with Gasteiger partial charge in [0.1, 0.15) is 0 Å². The second-order valence-electron chi connectivity index (χ2n) is 4.02. The van der Waals surface area contributed by atoms with Gasteiger partial charge in [-0.25, -0.2) is 0 Å². The molecular weight excluding hydrogens is 315 g/mol. The van der Waals surface area contributed by atoms with Crippen molar-refractivity contribution in [2.24, 2.45) is 5.92 Å². The second-order valence-corrected chi connectivity index (χ2v) is 5.27. The number of hydrogen-bond donors (Lipinski definition) is 2. The summed E-state index contributed by atoms with van der Waals surface area (Å²) in [4.78, 5) is 11.9. The number of hydrogen-bond acceptors (Lipinski definition) is 2. The predicted molar refractivity (Wildman–Crippen MR) is 73.4 cm³/mol. The Morgan fingerprint density at radius 1 is 1.38 bits per heavy atom. The van der Waals surface area contributed by atoms with Crippen molar-refractivity contribution in [2.75, 3.05) is 18.4 Å². The minimum atomic E-state index is 0.156. The molecule has 1 fully saturated rings. The molecular formula is C12H15IN2O. The van der Waals surface area contributed by atoms with Gasteiger partial charge in [-0.15, -0.1) is 0 Å². The normalized spacial score (nSPS) is 17.1. The minimum Gasteiger partial charge on any atom is -0.326 e. The van der Waals surface area contributed by atoms with Gasteiger partial charge in [0.25, 0.3) is 0 Å². The Balaban J connectivity index is 1.96. The van der Waals surface area contributed by atoms with Gasteiger partial charge in [-0.1, -0.05) is 6.07 Å². The molecule has 1 aromatic rings. The molecule has 0 unspecified atom stereocenters. The van der Waals surface area contributed by atoms with Crippen molar-refractivity contribution >= 4 is 34.2 Å². The second kappa shape index (κ2) is 5.63. The topological polar surface area (TPSA) is 41.1 Å². The third-order valence-corrected chi connectivity index (χ3v) is 3.47. The quantitative estimate of drug-likeness (QED) is 0.817. The molecule has 4 heteroatoms. The maximum absolute atomic E-state index is 11.9. The lowest BCUT2D eigenvalue weighted by Crippen LogP contribution is -2.34. The van der Waals surface area contributed by atoms with Crippen molar-refractivity contribution in [1.82, 2.24) is 5.32 Å². The molecule has 0 aromatic heterocycles. The van der Waals surface area contributed by atoms with Gasteiger partial charge in [0.05, 0.1) is 0 Å². The lowest BCUT2D eigenvalue weighted by atomic mass is 9.97. The molecule has 1 saturated heterocycles. The molecule has 86 valence electrons. The predicted octanol–water partition coefficient (Wildman–Crippen LogP) is 2.23. The van der Waals surface area contributed by atoms with E-state index in [0.717, 1.165) is 35.2 Å². The van der Waals surface area contributed by atoms with Gasteiger partial charge >= 0.3 is 0 Å². The van der Waals surface area contributed by atoms with Crippen LogP contribution in [-0.2, 0) is 4.79 Å². The number of anilines is 1. The number of halogens is 1. The number of benzene rings is 1. The third-order valence-electron chi connectivity index (χ3n) is 2.80. The molecule has 0 spiro atoms. The largest absolute Gasteiger partial charge is 0.326 e. The van der Waals surface area contributed by atoms with Crippen molar-refractivity contribution < 1.29 is 4.79 Å². The first-order chi connectivity index (χ1) is 7.75. The number of amides is 1. The number of piperidine rings is 1. The average Bonchev–Trinajstić information content (AvgIpc) is 2.30. The standard InChI is InChI=1S/C12H15IN2O/c13-10-2-1-3-11(8-10)15-12(16)9-4-6-14-7-5-9/h1-3,8-9,14H,4-7H2,(H,15,16). The van der Waals surface area contributed by atoms with Gasteiger partial charge in [-0.3, -0.25) is 4.79 Å². The zero-order chi connectivity index (χ0) is 11.4. The van der Waals surface area contributed by atoms with Crippen LogP contribution in [-0.4, -0.2) is 19.0 Å². The van der Waals surface area contributed by atoms with E-state index in [2.05, 4.69) is 33.2 Å². The molecule has 1 heterocycles. The minimum absolute atomic E-state index is 0.156. The van der Waals surface area contributed by atoms with Crippen LogP contribution < -0.4 is 10.6 Å². The molecule has 0 atom stereocenters. The van der Waals surface area contributed by atoms with Crippen LogP contribution in [0.1, 0.15) is 12.8 Å². The highest BCUT2D eigenvalue weighted by molar-refractivity contribution is 14.1. The Labute approximate surface area is 109 Å². The molecule has 1 amide bonds. The van der Waals surface area contributed by atoms with Crippen molar-refractivity contribution in [3.63, 3.8) is 0 Å². The van der Waals surface area contributed by atoms with Gasteiger partial charge in [0, 0.05) is 15.2 Å². The van der Waals surface area contributed by atoms with Crippen LogP contribution in [0.2, 0.25) is 0 Å². The summed E-state index contributed by atoms with van der Waals surface area (Å²) in [5, 5.41) is 6.24. The summed E-state index contributed by atoms with van der Waals surface area (Å²) in [5.74, 6) is 0.322. The van der Waals surface area contributed by atoms with E-state index >= 15 is 0 Å². The fourth-order valence-electron chi connectivity index (χ4n) is 1.89. The molecule has 1 aliphatic rings. The highest BCUT2D eigenvalue weighted by atomic mass is 127. The Kier molecular flexibility index (Phi) is 4.17. The molecule has 1 aromatic carbocycles. The van der Waals surface area contributed by atoms with Crippen LogP contribution in [0.3, 0.4) is 0 Å². The fourth-order valence-corrected chi connectivity index (χ4v) is 2.44. The number of rotatable bonds is 2. The monoisotopic (exact) mass is 330 g/mol. The van der Waals surface area contributed by atoms with E-state index in [1.165, 1.54) is 0 Å². The maximum Gasteiger partial charge on any atom is 0.227 e. The summed E-state index contributed by atoms with van der Waals surface area (Å²) in [6.07, 6.45) is 1.88. The van der Waals surface area contributed by atoms with E-state index in [4.69, 9.17) is 0 Å². The van der Waals surface area contributed by atoms with Crippen LogP contribution >= 0.6 is 22.6 Å². The summed E-state index contributed by atoms with van der Waals surface area (Å²) in [6.45, 7) is 1.90. The third kappa shape index (κ3) is 3.18. The molecule has 0 aliphatic carbocycles. The fraction of sp³-hybridized carbons (Fsp3) is 0.417. The van der Waals surface area contributed by atoms with Crippen LogP contribution in [0, 0.1) is 9.49 Å². The number of carbonyl (C=O) groups is 1. The Bertz CT molecular complexity index is 375. The van der Waals surface area contributed by atoms with Gasteiger partial charge in [0.2, 0.25) is 5.91 Å². The Hall–Kier alpha value is -0.620. The number of nitrogens with one attached hydrogen (secondary N) is 2. The molecule has 0 radical (unpaired) electrons. The van der Waals surface area contributed by atoms with Crippen LogP contribution in [0.25, 0.3) is 0 Å². The van der Waals surface area contributed by atoms with Crippen molar-refractivity contribution in [1.29, 1.82) is 0 Å². The average molecular weight is 330 g/mol. The highest BCUT2D eigenvalue weighted by Gasteiger charge is 2.20. The smallest absolute Gasteiger partial charge is 0.227 e. The van der Waals surface area contributed by atoms with E-state index in [0.29, 0.717) is 0 Å². The molecule has 2 N–H and O–H groups in total. The molecule has 1 aliphatic heterocycles.